The van der Waals surface area contributed by atoms with Crippen LogP contribution in [0, 0.1) is 17.8 Å². The Labute approximate surface area is 178 Å². The molecule has 31 heavy (non-hydrogen) atoms. The number of carboxylic acids is 1. The van der Waals surface area contributed by atoms with Crippen LogP contribution in [0.2, 0.25) is 0 Å². The van der Waals surface area contributed by atoms with Crippen LogP contribution < -0.4 is 0 Å². The standard InChI is InChI=1S/C21H25N3.C2HF3O2/c1-2-6-18-17(4-1)5-3-7-19-22-23-20(24(18)19)21-11-14-8-15(12-21)10-16(9-14)13-21;3-2(4,5)1(6)7/h1-2,4,6,14-16H,3,5,7-13H2;(H,6,7). The summed E-state index contributed by atoms with van der Waals surface area (Å²) in [7, 11) is 0. The molecule has 5 aliphatic rings. The number of para-hydroxylation sites is 1. The smallest absolute Gasteiger partial charge is 0.475 e. The Morgan fingerprint density at radius 3 is 2.16 bits per heavy atom. The average molecular weight is 433 g/mol. The van der Waals surface area contributed by atoms with Crippen LogP contribution in [0.4, 0.5) is 13.2 Å². The third kappa shape index (κ3) is 3.64. The van der Waals surface area contributed by atoms with Gasteiger partial charge in [0.25, 0.3) is 0 Å². The van der Waals surface area contributed by atoms with Crippen molar-refractivity contribution in [2.45, 2.75) is 69.4 Å². The van der Waals surface area contributed by atoms with Gasteiger partial charge in [-0.1, -0.05) is 18.2 Å². The first-order valence-electron chi connectivity index (χ1n) is 11.1. The number of aliphatic carboxylic acids is 1. The highest BCUT2D eigenvalue weighted by molar-refractivity contribution is 5.73. The van der Waals surface area contributed by atoms with Crippen molar-refractivity contribution in [3.63, 3.8) is 0 Å². The van der Waals surface area contributed by atoms with Crippen molar-refractivity contribution in [2.24, 2.45) is 17.8 Å². The maximum absolute atomic E-state index is 10.6. The maximum atomic E-state index is 10.6. The number of hydrogen-bond acceptors (Lipinski definition) is 3. The van der Waals surface area contributed by atoms with Gasteiger partial charge in [0, 0.05) is 11.8 Å². The summed E-state index contributed by atoms with van der Waals surface area (Å²) in [6, 6.07) is 8.95. The molecule has 166 valence electrons. The largest absolute Gasteiger partial charge is 0.490 e. The van der Waals surface area contributed by atoms with Crippen molar-refractivity contribution >= 4 is 5.97 Å². The van der Waals surface area contributed by atoms with Crippen LogP contribution in [0.15, 0.2) is 24.3 Å². The van der Waals surface area contributed by atoms with Crippen LogP contribution in [0.5, 0.6) is 0 Å². The SMILES string of the molecule is O=C(O)C(F)(F)F.c1ccc2c(c1)CCCc1nnc(C34CC5CC(CC(C5)C3)C4)n1-2. The lowest BCUT2D eigenvalue weighted by atomic mass is 9.49. The lowest BCUT2D eigenvalue weighted by Crippen LogP contribution is -2.49. The molecule has 5 nitrogen and oxygen atoms in total. The van der Waals surface area contributed by atoms with Crippen molar-refractivity contribution in [2.75, 3.05) is 0 Å². The summed E-state index contributed by atoms with van der Waals surface area (Å²) in [5.74, 6) is 2.60. The first-order chi connectivity index (χ1) is 14.7. The number of hydrogen-bond donors (Lipinski definition) is 1. The third-order valence-corrected chi connectivity index (χ3v) is 7.56. The van der Waals surface area contributed by atoms with E-state index >= 15 is 0 Å². The van der Waals surface area contributed by atoms with E-state index in [1.807, 2.05) is 0 Å². The summed E-state index contributed by atoms with van der Waals surface area (Å²) in [5, 5.41) is 16.7. The molecular weight excluding hydrogens is 407 g/mol. The summed E-state index contributed by atoms with van der Waals surface area (Å²) >= 11 is 0. The zero-order valence-corrected chi connectivity index (χ0v) is 17.2. The van der Waals surface area contributed by atoms with Gasteiger partial charge in [0.1, 0.15) is 11.6 Å². The number of alkyl halides is 3. The molecule has 7 rings (SSSR count). The molecule has 4 saturated carbocycles. The Kier molecular flexibility index (Phi) is 4.86. The fraction of sp³-hybridized carbons (Fsp3) is 0.609. The van der Waals surface area contributed by atoms with E-state index in [0.29, 0.717) is 5.41 Å². The quantitative estimate of drug-likeness (QED) is 0.698. The van der Waals surface area contributed by atoms with E-state index in [9.17, 15) is 13.2 Å². The zero-order valence-electron chi connectivity index (χ0n) is 17.2. The van der Waals surface area contributed by atoms with E-state index in [-0.39, 0.29) is 0 Å². The number of fused-ring (bicyclic) bond motifs is 3. The monoisotopic (exact) mass is 433 g/mol. The van der Waals surface area contributed by atoms with Gasteiger partial charge in [0.05, 0.1) is 5.69 Å². The summed E-state index contributed by atoms with van der Waals surface area (Å²) in [6.07, 6.45) is 6.87. The first kappa shape index (κ1) is 20.5. The highest BCUT2D eigenvalue weighted by atomic mass is 19.4. The molecule has 0 radical (unpaired) electrons. The molecule has 4 bridgehead atoms. The second kappa shape index (κ2) is 7.35. The van der Waals surface area contributed by atoms with Gasteiger partial charge in [-0.05, 0) is 80.8 Å². The maximum Gasteiger partial charge on any atom is 0.490 e. The summed E-state index contributed by atoms with van der Waals surface area (Å²) < 4.78 is 34.2. The number of aromatic nitrogens is 3. The number of carboxylic acid groups (broad SMARTS) is 1. The van der Waals surface area contributed by atoms with Gasteiger partial charge in [0.15, 0.2) is 0 Å². The van der Waals surface area contributed by atoms with Gasteiger partial charge >= 0.3 is 12.1 Å². The average Bonchev–Trinajstić information content (AvgIpc) is 3.03. The highest BCUT2D eigenvalue weighted by Crippen LogP contribution is 2.60. The number of benzene rings is 1. The Bertz CT molecular complexity index is 963. The molecule has 2 heterocycles. The topological polar surface area (TPSA) is 68.0 Å². The Balaban J connectivity index is 0.000000256. The van der Waals surface area contributed by atoms with Crippen LogP contribution in [-0.4, -0.2) is 32.0 Å². The second-order valence-corrected chi connectivity index (χ2v) is 9.76. The molecule has 0 saturated heterocycles. The molecule has 1 aliphatic heterocycles. The minimum absolute atomic E-state index is 0.317. The van der Waals surface area contributed by atoms with Gasteiger partial charge in [-0.2, -0.15) is 13.2 Å². The minimum Gasteiger partial charge on any atom is -0.475 e. The normalized spacial score (nSPS) is 30.6. The van der Waals surface area contributed by atoms with Gasteiger partial charge in [0.2, 0.25) is 0 Å². The predicted octanol–water partition coefficient (Wildman–Crippen LogP) is 4.86. The van der Waals surface area contributed by atoms with Crippen LogP contribution in [0.25, 0.3) is 5.69 Å². The van der Waals surface area contributed by atoms with E-state index in [2.05, 4.69) is 33.9 Å². The van der Waals surface area contributed by atoms with E-state index in [1.165, 1.54) is 74.3 Å². The summed E-state index contributed by atoms with van der Waals surface area (Å²) in [4.78, 5) is 8.90. The van der Waals surface area contributed by atoms with Gasteiger partial charge < -0.3 is 5.11 Å². The molecule has 4 aliphatic carbocycles. The molecular formula is C23H26F3N3O2. The fourth-order valence-electron chi connectivity index (χ4n) is 6.84. The van der Waals surface area contributed by atoms with Crippen molar-refractivity contribution in [3.05, 3.63) is 41.5 Å². The number of rotatable bonds is 1. The molecule has 4 fully saturated rings. The number of carbonyl (C=O) groups is 1. The predicted molar refractivity (Wildman–Crippen MR) is 107 cm³/mol. The number of halogens is 3. The van der Waals surface area contributed by atoms with Crippen LogP contribution in [0.1, 0.15) is 62.2 Å². The Hall–Kier alpha value is -2.38. The molecule has 0 amide bonds. The molecule has 1 aromatic carbocycles. The number of aryl methyl sites for hydroxylation is 2. The molecule has 0 atom stereocenters. The van der Waals surface area contributed by atoms with E-state index < -0.39 is 12.1 Å². The van der Waals surface area contributed by atoms with E-state index in [1.54, 1.807) is 0 Å². The highest BCUT2D eigenvalue weighted by Gasteiger charge is 2.54. The van der Waals surface area contributed by atoms with Crippen LogP contribution in [0.3, 0.4) is 0 Å². The van der Waals surface area contributed by atoms with E-state index in [0.717, 1.165) is 24.2 Å². The van der Waals surface area contributed by atoms with Crippen molar-refractivity contribution in [3.8, 4) is 5.69 Å². The molecule has 0 spiro atoms. The van der Waals surface area contributed by atoms with E-state index in [4.69, 9.17) is 15.0 Å². The molecule has 1 N–H and O–H groups in total. The van der Waals surface area contributed by atoms with Crippen LogP contribution >= 0.6 is 0 Å². The zero-order chi connectivity index (χ0) is 21.8. The Morgan fingerprint density at radius 2 is 1.58 bits per heavy atom. The second-order valence-electron chi connectivity index (χ2n) is 9.76. The van der Waals surface area contributed by atoms with Gasteiger partial charge in [-0.3, -0.25) is 4.57 Å². The lowest BCUT2D eigenvalue weighted by Gasteiger charge is -2.56. The summed E-state index contributed by atoms with van der Waals surface area (Å²) in [6.45, 7) is 0. The third-order valence-electron chi connectivity index (χ3n) is 7.56. The molecule has 1 aromatic heterocycles. The molecule has 8 heteroatoms. The minimum atomic E-state index is -5.08. The van der Waals surface area contributed by atoms with Crippen molar-refractivity contribution < 1.29 is 23.1 Å². The Morgan fingerprint density at radius 1 is 1.00 bits per heavy atom. The van der Waals surface area contributed by atoms with Gasteiger partial charge in [-0.25, -0.2) is 4.79 Å². The van der Waals surface area contributed by atoms with Crippen molar-refractivity contribution in [1.82, 2.24) is 14.8 Å². The first-order valence-corrected chi connectivity index (χ1v) is 11.1. The van der Waals surface area contributed by atoms with Gasteiger partial charge in [-0.15, -0.1) is 10.2 Å². The van der Waals surface area contributed by atoms with Crippen LogP contribution in [-0.2, 0) is 23.1 Å². The number of nitrogens with zero attached hydrogens (tertiary/aromatic N) is 3. The summed E-state index contributed by atoms with van der Waals surface area (Å²) in [5.41, 5.74) is 3.15. The van der Waals surface area contributed by atoms with Crippen molar-refractivity contribution in [1.29, 1.82) is 0 Å². The lowest BCUT2D eigenvalue weighted by molar-refractivity contribution is -0.192. The molecule has 2 aromatic rings. The molecule has 0 unspecified atom stereocenters. The fourth-order valence-corrected chi connectivity index (χ4v) is 6.84.